The number of aliphatic hydroxyl groups is 4. The monoisotopic (exact) mass is 164 g/mol. The maximum Gasteiger partial charge on any atom is 0.192 e. The summed E-state index contributed by atoms with van der Waals surface area (Å²) in [7, 11) is 0. The molecule has 0 aliphatic rings. The maximum absolute atomic E-state index is 10.7. The van der Waals surface area contributed by atoms with E-state index in [-0.39, 0.29) is 0 Å². The molecule has 0 heterocycles. The molecule has 0 rings (SSSR count). The lowest BCUT2D eigenvalue weighted by molar-refractivity contribution is -0.142. The molecular formula is C6H12O5. The molecule has 66 valence electrons. The molecule has 0 aromatic rings. The molecule has 3 atom stereocenters. The zero-order valence-corrected chi connectivity index (χ0v) is 6.14. The van der Waals surface area contributed by atoms with E-state index in [1.54, 1.807) is 0 Å². The van der Waals surface area contributed by atoms with Crippen LogP contribution in [-0.4, -0.2) is 51.1 Å². The van der Waals surface area contributed by atoms with Gasteiger partial charge in [0.25, 0.3) is 0 Å². The highest BCUT2D eigenvalue weighted by atomic mass is 16.4. The van der Waals surface area contributed by atoms with Gasteiger partial charge in [-0.25, -0.2) is 0 Å². The molecule has 0 aliphatic heterocycles. The van der Waals surface area contributed by atoms with Gasteiger partial charge in [0.1, 0.15) is 18.3 Å². The first-order chi connectivity index (χ1) is 5.00. The number of ketones is 1. The Morgan fingerprint density at radius 3 is 2.09 bits per heavy atom. The zero-order chi connectivity index (χ0) is 9.02. The van der Waals surface area contributed by atoms with Crippen molar-refractivity contribution in [2.24, 2.45) is 0 Å². The second kappa shape index (κ2) is 4.40. The summed E-state index contributed by atoms with van der Waals surface area (Å²) in [6, 6.07) is 0. The standard InChI is InChI=1S/C6H12O5/c1-3(8)5(10)6(11)4(9)2-7/h3-4,6-9,11H,2H2,1H3/t3-,4+,6-/m0/s1. The van der Waals surface area contributed by atoms with Crippen molar-refractivity contribution in [1.29, 1.82) is 0 Å². The first-order valence-electron chi connectivity index (χ1n) is 3.19. The van der Waals surface area contributed by atoms with Crippen LogP contribution in [0.25, 0.3) is 0 Å². The van der Waals surface area contributed by atoms with Crippen LogP contribution in [0.2, 0.25) is 0 Å². The van der Waals surface area contributed by atoms with E-state index in [2.05, 4.69) is 0 Å². The Hall–Kier alpha value is -0.490. The van der Waals surface area contributed by atoms with Gasteiger partial charge in [-0.2, -0.15) is 0 Å². The number of carbonyl (C=O) groups is 1. The van der Waals surface area contributed by atoms with Crippen molar-refractivity contribution in [1.82, 2.24) is 0 Å². The summed E-state index contributed by atoms with van der Waals surface area (Å²) in [5.74, 6) is -0.897. The molecule has 4 N–H and O–H groups in total. The van der Waals surface area contributed by atoms with Gasteiger partial charge in [-0.1, -0.05) is 0 Å². The average molecular weight is 164 g/mol. The van der Waals surface area contributed by atoms with Crippen molar-refractivity contribution in [2.45, 2.75) is 25.2 Å². The van der Waals surface area contributed by atoms with Crippen molar-refractivity contribution in [3.8, 4) is 0 Å². The maximum atomic E-state index is 10.7. The summed E-state index contributed by atoms with van der Waals surface area (Å²) in [6.45, 7) is 0.468. The zero-order valence-electron chi connectivity index (χ0n) is 6.14. The fourth-order valence-corrected chi connectivity index (χ4v) is 0.537. The van der Waals surface area contributed by atoms with Crippen LogP contribution in [-0.2, 0) is 4.79 Å². The Kier molecular flexibility index (Phi) is 4.20. The third-order valence-corrected chi connectivity index (χ3v) is 1.25. The van der Waals surface area contributed by atoms with Gasteiger partial charge in [-0.05, 0) is 6.92 Å². The predicted molar refractivity (Wildman–Crippen MR) is 35.8 cm³/mol. The predicted octanol–water partition coefficient (Wildman–Crippen LogP) is -2.35. The van der Waals surface area contributed by atoms with Crippen LogP contribution in [0.15, 0.2) is 0 Å². The highest BCUT2D eigenvalue weighted by Gasteiger charge is 2.26. The van der Waals surface area contributed by atoms with E-state index in [9.17, 15) is 4.79 Å². The van der Waals surface area contributed by atoms with E-state index in [0.29, 0.717) is 0 Å². The molecule has 0 aliphatic carbocycles. The number of Topliss-reactive ketones (excluding diaryl/α,β-unsaturated/α-hetero) is 1. The second-order valence-electron chi connectivity index (χ2n) is 2.27. The highest BCUT2D eigenvalue weighted by Crippen LogP contribution is 1.97. The van der Waals surface area contributed by atoms with Gasteiger partial charge >= 0.3 is 0 Å². The third kappa shape index (κ3) is 2.94. The second-order valence-corrected chi connectivity index (χ2v) is 2.27. The summed E-state index contributed by atoms with van der Waals surface area (Å²) >= 11 is 0. The molecule has 0 spiro atoms. The van der Waals surface area contributed by atoms with Crippen LogP contribution < -0.4 is 0 Å². The number of carbonyl (C=O) groups excluding carboxylic acids is 1. The minimum absolute atomic E-state index is 0.709. The van der Waals surface area contributed by atoms with Crippen molar-refractivity contribution >= 4 is 5.78 Å². The number of rotatable bonds is 4. The minimum atomic E-state index is -1.71. The van der Waals surface area contributed by atoms with Crippen molar-refractivity contribution in [3.63, 3.8) is 0 Å². The van der Waals surface area contributed by atoms with E-state index < -0.39 is 30.7 Å². The summed E-state index contributed by atoms with van der Waals surface area (Å²) in [5.41, 5.74) is 0. The molecule has 0 bridgehead atoms. The van der Waals surface area contributed by atoms with Gasteiger partial charge in [0.15, 0.2) is 5.78 Å². The molecule has 0 fully saturated rings. The van der Waals surface area contributed by atoms with E-state index in [1.165, 1.54) is 6.92 Å². The number of hydrogen-bond acceptors (Lipinski definition) is 5. The normalized spacial score (nSPS) is 19.0. The summed E-state index contributed by atoms with van der Waals surface area (Å²) in [4.78, 5) is 10.7. The summed E-state index contributed by atoms with van der Waals surface area (Å²) in [5, 5.41) is 34.5. The summed E-state index contributed by atoms with van der Waals surface area (Å²) in [6.07, 6.45) is -4.55. The van der Waals surface area contributed by atoms with Crippen molar-refractivity contribution < 1.29 is 25.2 Å². The van der Waals surface area contributed by atoms with Gasteiger partial charge in [0, 0.05) is 0 Å². The van der Waals surface area contributed by atoms with Crippen molar-refractivity contribution in [3.05, 3.63) is 0 Å². The van der Waals surface area contributed by atoms with Gasteiger partial charge in [-0.3, -0.25) is 4.79 Å². The lowest BCUT2D eigenvalue weighted by Gasteiger charge is -2.15. The molecule has 0 saturated carbocycles. The molecular weight excluding hydrogens is 152 g/mol. The van der Waals surface area contributed by atoms with Gasteiger partial charge in [0.2, 0.25) is 0 Å². The van der Waals surface area contributed by atoms with Crippen molar-refractivity contribution in [2.75, 3.05) is 6.61 Å². The SMILES string of the molecule is C[C@H](O)C(=O)[C@@H](O)[C@H](O)CO. The van der Waals surface area contributed by atoms with Gasteiger partial charge in [-0.15, -0.1) is 0 Å². The molecule has 0 radical (unpaired) electrons. The Labute approximate surface area is 63.9 Å². The lowest BCUT2D eigenvalue weighted by Crippen LogP contribution is -2.41. The largest absolute Gasteiger partial charge is 0.394 e. The molecule has 11 heavy (non-hydrogen) atoms. The smallest absolute Gasteiger partial charge is 0.192 e. The van der Waals surface area contributed by atoms with Gasteiger partial charge < -0.3 is 20.4 Å². The highest BCUT2D eigenvalue weighted by molar-refractivity contribution is 5.87. The Bertz CT molecular complexity index is 133. The van der Waals surface area contributed by atoms with E-state index in [0.717, 1.165) is 0 Å². The Morgan fingerprint density at radius 2 is 1.82 bits per heavy atom. The minimum Gasteiger partial charge on any atom is -0.394 e. The molecule has 0 aromatic heterocycles. The molecule has 5 nitrogen and oxygen atoms in total. The Morgan fingerprint density at radius 1 is 1.36 bits per heavy atom. The molecule has 5 heteroatoms. The third-order valence-electron chi connectivity index (χ3n) is 1.25. The topological polar surface area (TPSA) is 98.0 Å². The lowest BCUT2D eigenvalue weighted by atomic mass is 10.1. The molecule has 0 unspecified atom stereocenters. The van der Waals surface area contributed by atoms with Crippen LogP contribution in [0.3, 0.4) is 0 Å². The average Bonchev–Trinajstić information content (AvgIpc) is 2.00. The first kappa shape index (κ1) is 10.5. The van der Waals surface area contributed by atoms with Crippen LogP contribution in [0.5, 0.6) is 0 Å². The summed E-state index contributed by atoms with van der Waals surface area (Å²) < 4.78 is 0. The van der Waals surface area contributed by atoms with E-state index >= 15 is 0 Å². The van der Waals surface area contributed by atoms with E-state index in [1.807, 2.05) is 0 Å². The number of hydrogen-bond donors (Lipinski definition) is 4. The first-order valence-corrected chi connectivity index (χ1v) is 3.19. The van der Waals surface area contributed by atoms with Crippen LogP contribution >= 0.6 is 0 Å². The quantitative estimate of drug-likeness (QED) is 0.373. The van der Waals surface area contributed by atoms with Gasteiger partial charge in [0.05, 0.1) is 6.61 Å². The Balaban J connectivity index is 4.02. The van der Waals surface area contributed by atoms with Crippen LogP contribution in [0.4, 0.5) is 0 Å². The fraction of sp³-hybridized carbons (Fsp3) is 0.833. The molecule has 0 saturated heterocycles. The van der Waals surface area contributed by atoms with E-state index in [4.69, 9.17) is 20.4 Å². The molecule has 0 aromatic carbocycles. The molecule has 0 amide bonds. The fourth-order valence-electron chi connectivity index (χ4n) is 0.537. The number of aliphatic hydroxyl groups excluding tert-OH is 4. The van der Waals surface area contributed by atoms with Crippen LogP contribution in [0.1, 0.15) is 6.92 Å². The van der Waals surface area contributed by atoms with Crippen LogP contribution in [0, 0.1) is 0 Å².